The highest BCUT2D eigenvalue weighted by molar-refractivity contribution is 4.99. The fraction of sp³-hybridized carbons (Fsp3) is 0.294. The second-order valence-electron chi connectivity index (χ2n) is 2.81. The van der Waals surface area contributed by atoms with Crippen LogP contribution in [0.1, 0.15) is 22.6 Å². The lowest BCUT2D eigenvalue weighted by atomic mass is 10.4. The van der Waals surface area contributed by atoms with Crippen LogP contribution in [0.4, 0.5) is 4.72 Å². The summed E-state index contributed by atoms with van der Waals surface area (Å²) in [4.78, 5) is 0. The third-order valence-corrected chi connectivity index (χ3v) is 1.33. The summed E-state index contributed by atoms with van der Waals surface area (Å²) in [5, 5.41) is 2.75. The zero-order valence-corrected chi connectivity index (χ0v) is 12.8. The Kier molecular flexibility index (Phi) is 30.9. The summed E-state index contributed by atoms with van der Waals surface area (Å²) in [6, 6.07) is 24.0. The number of benzene rings is 2. The van der Waals surface area contributed by atoms with Crippen LogP contribution in [0.25, 0.3) is 0 Å². The topological polar surface area (TPSA) is 12.0 Å². The predicted molar refractivity (Wildman–Crippen MR) is 88.4 cm³/mol. The molecule has 19 heavy (non-hydrogen) atoms. The first-order valence-corrected chi connectivity index (χ1v) is 6.00. The molecule has 0 spiro atoms. The van der Waals surface area contributed by atoms with Gasteiger partial charge in [-0.15, -0.1) is 0 Å². The van der Waals surface area contributed by atoms with E-state index in [0.29, 0.717) is 0 Å². The van der Waals surface area contributed by atoms with Crippen molar-refractivity contribution in [2.75, 3.05) is 14.1 Å². The Morgan fingerprint density at radius 2 is 0.684 bits per heavy atom. The first-order chi connectivity index (χ1) is 10.4. The minimum absolute atomic E-state index is 1.25. The van der Waals surface area contributed by atoms with E-state index in [1.54, 1.807) is 0 Å². The van der Waals surface area contributed by atoms with Gasteiger partial charge in [0.25, 0.3) is 1.45 Å². The van der Waals surface area contributed by atoms with Crippen molar-refractivity contribution in [2.45, 2.75) is 21.3 Å². The molecule has 0 radical (unpaired) electrons. The first kappa shape index (κ1) is 19.7. The fourth-order valence-electron chi connectivity index (χ4n) is 0.770. The standard InChI is InChI=1S/2C6H6.C2H7N.C2H6.CH4.FH/c2*1-2-4-6-5-3-1;1-3-2;1-2;;/h2*1-6H;3H,1-2H3;1-2H3;1H4;1H/i;;;;1D;/hD. The van der Waals surface area contributed by atoms with E-state index in [2.05, 4.69) is 6.77 Å². The van der Waals surface area contributed by atoms with Crippen molar-refractivity contribution >= 4 is 0 Å². The molecular formula is C17H30FN. The first-order valence-electron chi connectivity index (χ1n) is 7.38. The summed E-state index contributed by atoms with van der Waals surface area (Å²) in [6.07, 6.45) is 0. The van der Waals surface area contributed by atoms with Gasteiger partial charge in [0.05, 0.1) is 0 Å². The van der Waals surface area contributed by atoms with Crippen molar-refractivity contribution in [1.82, 2.24) is 5.32 Å². The summed E-state index contributed by atoms with van der Waals surface area (Å²) in [5.74, 6) is 0. The van der Waals surface area contributed by atoms with Crippen molar-refractivity contribution in [3.8, 4) is 0 Å². The minimum Gasteiger partial charge on any atom is -0.323 e. The molecule has 0 unspecified atom stereocenters. The smallest absolute Gasteiger partial charge is 0.269 e. The van der Waals surface area contributed by atoms with E-state index in [4.69, 9.17) is 6.09 Å². The molecule has 2 aromatic carbocycles. The van der Waals surface area contributed by atoms with E-state index >= 15 is 0 Å². The van der Waals surface area contributed by atoms with Crippen molar-refractivity contribution in [3.63, 3.8) is 0 Å². The number of nitrogens with one attached hydrogen (secondary N) is 1. The Morgan fingerprint density at radius 1 is 0.632 bits per heavy atom. The Balaban J connectivity index is -0.0000000909. The van der Waals surface area contributed by atoms with Crippen LogP contribution in [0, 0.1) is 0 Å². The SMILES string of the molecule is CC.CNC.[2H]C.[2H]F.c1ccccc1.c1ccccc1. The molecule has 0 saturated carbocycles. The monoisotopic (exact) mass is 269 g/mol. The fourth-order valence-corrected chi connectivity index (χ4v) is 0.770. The lowest BCUT2D eigenvalue weighted by molar-refractivity contribution is 1.02. The molecule has 2 aromatic rings. The summed E-state index contributed by atoms with van der Waals surface area (Å²) in [5.41, 5.74) is 0. The van der Waals surface area contributed by atoms with Crippen LogP contribution in [-0.4, -0.2) is 15.5 Å². The molecule has 0 aliphatic rings. The van der Waals surface area contributed by atoms with Gasteiger partial charge >= 0.3 is 0 Å². The molecule has 2 rings (SSSR count). The molecule has 0 aliphatic heterocycles. The van der Waals surface area contributed by atoms with Gasteiger partial charge in [-0.3, -0.25) is 4.72 Å². The molecule has 1 N–H and O–H groups in total. The van der Waals surface area contributed by atoms with Crippen LogP contribution in [0.15, 0.2) is 72.8 Å². The van der Waals surface area contributed by atoms with E-state index in [-0.39, 0.29) is 0 Å². The molecule has 0 aliphatic carbocycles. The Bertz CT molecular complexity index is 209. The van der Waals surface area contributed by atoms with Crippen LogP contribution in [0.5, 0.6) is 0 Å². The highest BCUT2D eigenvalue weighted by atomic mass is 19.0. The van der Waals surface area contributed by atoms with E-state index in [0.717, 1.165) is 0 Å². The van der Waals surface area contributed by atoms with Gasteiger partial charge in [-0.05, 0) is 14.1 Å². The Hall–Kier alpha value is -1.67. The van der Waals surface area contributed by atoms with E-state index in [1.165, 1.54) is 7.40 Å². The van der Waals surface area contributed by atoms with Gasteiger partial charge in [-0.2, -0.15) is 0 Å². The van der Waals surface area contributed by atoms with Gasteiger partial charge in [0.2, 0.25) is 0 Å². The second-order valence-corrected chi connectivity index (χ2v) is 2.81. The lowest BCUT2D eigenvalue weighted by Gasteiger charge is -1.69. The lowest BCUT2D eigenvalue weighted by Crippen LogP contribution is -1.89. The molecule has 0 fully saturated rings. The zero-order valence-electron chi connectivity index (χ0n) is 14.8. The molecule has 2 heteroatoms. The molecule has 0 heterocycles. The highest BCUT2D eigenvalue weighted by Gasteiger charge is 1.58. The average Bonchev–Trinajstić information content (AvgIpc) is 2.64. The number of hydrogen-bond donors (Lipinski definition) is 1. The van der Waals surface area contributed by atoms with Crippen LogP contribution < -0.4 is 5.32 Å². The van der Waals surface area contributed by atoms with E-state index < -0.39 is 0 Å². The van der Waals surface area contributed by atoms with Gasteiger partial charge in [-0.1, -0.05) is 94.0 Å². The zero-order chi connectivity index (χ0) is 17.2. The Morgan fingerprint density at radius 3 is 0.737 bits per heavy atom. The van der Waals surface area contributed by atoms with E-state index in [1.807, 2.05) is 101 Å². The summed E-state index contributed by atoms with van der Waals surface area (Å²) >= 11 is 0. The molecule has 0 bridgehead atoms. The van der Waals surface area contributed by atoms with E-state index in [9.17, 15) is 0 Å². The molecule has 110 valence electrons. The Labute approximate surface area is 122 Å². The number of halogens is 1. The molecule has 0 amide bonds. The van der Waals surface area contributed by atoms with Crippen molar-refractivity contribution in [1.29, 1.82) is 1.45 Å². The molecule has 0 aromatic heterocycles. The second kappa shape index (κ2) is 29.9. The third-order valence-electron chi connectivity index (χ3n) is 1.33. The largest absolute Gasteiger partial charge is 0.323 e. The highest BCUT2D eigenvalue weighted by Crippen LogP contribution is 1.80. The molecule has 0 atom stereocenters. The maximum atomic E-state index is 8.75. The summed E-state index contributed by atoms with van der Waals surface area (Å²) in [6.45, 7) is 4.00. The van der Waals surface area contributed by atoms with Crippen LogP contribution in [0.3, 0.4) is 0 Å². The number of hydrogen-bond acceptors (Lipinski definition) is 1. The van der Waals surface area contributed by atoms with Crippen LogP contribution >= 0.6 is 0 Å². The van der Waals surface area contributed by atoms with Crippen LogP contribution in [-0.2, 0) is 0 Å². The van der Waals surface area contributed by atoms with Gasteiger partial charge in [0.15, 0.2) is 0 Å². The molecule has 1 nitrogen and oxygen atoms in total. The average molecular weight is 269 g/mol. The maximum Gasteiger partial charge on any atom is 0.269 e. The normalized spacial score (nSPS) is 7.05. The van der Waals surface area contributed by atoms with Crippen LogP contribution in [0.2, 0.25) is 0 Å². The van der Waals surface area contributed by atoms with Crippen molar-refractivity contribution < 1.29 is 6.09 Å². The van der Waals surface area contributed by atoms with Gasteiger partial charge in [0.1, 0.15) is 0 Å². The van der Waals surface area contributed by atoms with Crippen molar-refractivity contribution in [2.24, 2.45) is 0 Å². The third kappa shape index (κ3) is 31.4. The van der Waals surface area contributed by atoms with Crippen molar-refractivity contribution in [3.05, 3.63) is 72.8 Å². The molecular weight excluding hydrogens is 237 g/mol. The summed E-state index contributed by atoms with van der Waals surface area (Å²) < 4.78 is 18.8. The summed E-state index contributed by atoms with van der Waals surface area (Å²) in [7, 11) is 5.00. The van der Waals surface area contributed by atoms with Gasteiger partial charge < -0.3 is 5.32 Å². The minimum atomic E-state index is 1.25. The quantitative estimate of drug-likeness (QED) is 0.708. The van der Waals surface area contributed by atoms with Gasteiger partial charge in [0, 0.05) is 1.37 Å². The predicted octanol–water partition coefficient (Wildman–Crippen LogP) is 5.02. The van der Waals surface area contributed by atoms with Gasteiger partial charge in [-0.25, -0.2) is 0 Å². The maximum absolute atomic E-state index is 8.75. The molecule has 0 saturated heterocycles. The number of rotatable bonds is 0.